The maximum absolute atomic E-state index is 9.92. The zero-order valence-electron chi connectivity index (χ0n) is 22.9. The van der Waals surface area contributed by atoms with Crippen molar-refractivity contribution in [2.24, 2.45) is 0 Å². The SMILES string of the molecule is Cc1ccc2c(C#N)c(C#N)c3ccc(/C=C\c4cc5c6c(c4)C(C)(C)CCN6CCC5(C)C)cc3c2c1. The average molecular weight is 496 g/mol. The van der Waals surface area contributed by atoms with E-state index in [1.54, 1.807) is 0 Å². The Bertz CT molecular complexity index is 1710. The molecule has 2 aliphatic rings. The molecule has 38 heavy (non-hydrogen) atoms. The molecule has 0 N–H and O–H groups in total. The van der Waals surface area contributed by atoms with Crippen LogP contribution in [0.1, 0.15) is 79.5 Å². The van der Waals surface area contributed by atoms with Crippen LogP contribution in [-0.2, 0) is 10.8 Å². The molecule has 3 nitrogen and oxygen atoms in total. The number of nitriles is 2. The second-order valence-corrected chi connectivity index (χ2v) is 12.4. The minimum Gasteiger partial charge on any atom is -0.371 e. The number of nitrogens with zero attached hydrogens (tertiary/aromatic N) is 3. The molecule has 2 aliphatic heterocycles. The fourth-order valence-electron chi connectivity index (χ4n) is 6.46. The minimum atomic E-state index is 0.156. The van der Waals surface area contributed by atoms with E-state index in [0.29, 0.717) is 11.1 Å². The average Bonchev–Trinajstić information content (AvgIpc) is 2.90. The highest BCUT2D eigenvalue weighted by atomic mass is 15.2. The molecule has 0 radical (unpaired) electrons. The molecule has 4 aromatic carbocycles. The normalized spacial score (nSPS) is 17.4. The van der Waals surface area contributed by atoms with Gasteiger partial charge in [-0.15, -0.1) is 0 Å². The quantitative estimate of drug-likeness (QED) is 0.207. The predicted octanol–water partition coefficient (Wildman–Crippen LogP) is 8.38. The Balaban J connectivity index is 1.51. The van der Waals surface area contributed by atoms with E-state index in [0.717, 1.165) is 45.8 Å². The topological polar surface area (TPSA) is 50.8 Å². The van der Waals surface area contributed by atoms with E-state index in [1.807, 2.05) is 18.2 Å². The van der Waals surface area contributed by atoms with Crippen LogP contribution in [0.15, 0.2) is 48.5 Å². The van der Waals surface area contributed by atoms with Crippen LogP contribution in [0.4, 0.5) is 5.69 Å². The number of hydrogen-bond acceptors (Lipinski definition) is 3. The van der Waals surface area contributed by atoms with E-state index in [4.69, 9.17) is 0 Å². The Hall–Kier alpha value is -4.08. The van der Waals surface area contributed by atoms with Gasteiger partial charge in [0.1, 0.15) is 12.1 Å². The first-order chi connectivity index (χ1) is 18.1. The van der Waals surface area contributed by atoms with Crippen molar-refractivity contribution in [3.63, 3.8) is 0 Å². The summed E-state index contributed by atoms with van der Waals surface area (Å²) in [5.41, 5.74) is 9.09. The molecule has 0 atom stereocenters. The first kappa shape index (κ1) is 24.3. The molecular weight excluding hydrogens is 462 g/mol. The second-order valence-electron chi connectivity index (χ2n) is 12.4. The second kappa shape index (κ2) is 8.47. The Morgan fingerprint density at radius 3 is 1.79 bits per heavy atom. The first-order valence-corrected chi connectivity index (χ1v) is 13.6. The number of aryl methyl sites for hydroxylation is 1. The fraction of sp³-hybridized carbons (Fsp3) is 0.314. The van der Waals surface area contributed by atoms with E-state index >= 15 is 0 Å². The van der Waals surface area contributed by atoms with Gasteiger partial charge in [0.2, 0.25) is 0 Å². The van der Waals surface area contributed by atoms with Crippen LogP contribution in [0.3, 0.4) is 0 Å². The number of hydrogen-bond donors (Lipinski definition) is 0. The van der Waals surface area contributed by atoms with Crippen molar-refractivity contribution in [2.75, 3.05) is 18.0 Å². The van der Waals surface area contributed by atoms with E-state index in [9.17, 15) is 10.5 Å². The molecule has 0 aliphatic carbocycles. The molecule has 0 bridgehead atoms. The maximum Gasteiger partial charge on any atom is 0.101 e. The number of anilines is 1. The van der Waals surface area contributed by atoms with Gasteiger partial charge in [-0.3, -0.25) is 0 Å². The van der Waals surface area contributed by atoms with Gasteiger partial charge in [0.25, 0.3) is 0 Å². The summed E-state index contributed by atoms with van der Waals surface area (Å²) in [7, 11) is 0. The molecule has 4 aromatic rings. The highest BCUT2D eigenvalue weighted by Crippen LogP contribution is 2.49. The standard InChI is InChI=1S/C35H33N3/c1-22-6-10-25-27(16-22)28-17-23(9-11-26(28)30(21-37)29(25)20-36)7-8-24-18-31-33-32(19-24)35(4,5)13-15-38(33)14-12-34(31,2)3/h6-11,16-19H,12-15H2,1-5H3/b8-7-. The van der Waals surface area contributed by atoms with Crippen LogP contribution >= 0.6 is 0 Å². The van der Waals surface area contributed by atoms with E-state index in [-0.39, 0.29) is 10.8 Å². The third kappa shape index (κ3) is 3.69. The van der Waals surface area contributed by atoms with Crippen molar-refractivity contribution in [2.45, 2.75) is 58.3 Å². The van der Waals surface area contributed by atoms with E-state index in [1.165, 1.54) is 35.2 Å². The summed E-state index contributed by atoms with van der Waals surface area (Å²) >= 11 is 0. The number of fused-ring (bicyclic) bond motifs is 3. The van der Waals surface area contributed by atoms with Crippen LogP contribution in [0.2, 0.25) is 0 Å². The Kier molecular flexibility index (Phi) is 5.41. The van der Waals surface area contributed by atoms with Crippen molar-refractivity contribution in [1.82, 2.24) is 0 Å². The first-order valence-electron chi connectivity index (χ1n) is 13.6. The summed E-state index contributed by atoms with van der Waals surface area (Å²) in [4.78, 5) is 2.60. The minimum absolute atomic E-state index is 0.156. The third-order valence-electron chi connectivity index (χ3n) is 8.91. The predicted molar refractivity (Wildman–Crippen MR) is 158 cm³/mol. The lowest BCUT2D eigenvalue weighted by Crippen LogP contribution is -2.44. The molecule has 0 spiro atoms. The van der Waals surface area contributed by atoms with Crippen molar-refractivity contribution < 1.29 is 0 Å². The largest absolute Gasteiger partial charge is 0.371 e. The summed E-state index contributed by atoms with van der Waals surface area (Å²) in [6, 6.07) is 21.7. The van der Waals surface area contributed by atoms with Gasteiger partial charge in [-0.25, -0.2) is 0 Å². The zero-order chi connectivity index (χ0) is 26.8. The highest BCUT2D eigenvalue weighted by molar-refractivity contribution is 6.13. The zero-order valence-corrected chi connectivity index (χ0v) is 22.9. The molecule has 3 heteroatoms. The number of rotatable bonds is 2. The summed E-state index contributed by atoms with van der Waals surface area (Å²) in [6.45, 7) is 13.9. The number of benzene rings is 4. The summed E-state index contributed by atoms with van der Waals surface area (Å²) in [6.07, 6.45) is 6.77. The molecule has 188 valence electrons. The van der Waals surface area contributed by atoms with E-state index in [2.05, 4.69) is 94.1 Å². The van der Waals surface area contributed by atoms with Crippen LogP contribution in [0.25, 0.3) is 33.7 Å². The summed E-state index contributed by atoms with van der Waals surface area (Å²) < 4.78 is 0. The molecule has 0 fully saturated rings. The lowest BCUT2D eigenvalue weighted by molar-refractivity contribution is 0.401. The maximum atomic E-state index is 9.92. The van der Waals surface area contributed by atoms with Gasteiger partial charge >= 0.3 is 0 Å². The summed E-state index contributed by atoms with van der Waals surface area (Å²) in [5, 5.41) is 23.5. The smallest absolute Gasteiger partial charge is 0.101 e. The molecule has 6 rings (SSSR count). The fourth-order valence-corrected chi connectivity index (χ4v) is 6.46. The molecule has 0 amide bonds. The van der Waals surface area contributed by atoms with Crippen LogP contribution < -0.4 is 4.90 Å². The van der Waals surface area contributed by atoms with Crippen LogP contribution in [0.5, 0.6) is 0 Å². The van der Waals surface area contributed by atoms with Gasteiger partial charge in [-0.1, -0.05) is 75.7 Å². The van der Waals surface area contributed by atoms with Gasteiger partial charge in [-0.05, 0) is 81.8 Å². The summed E-state index contributed by atoms with van der Waals surface area (Å²) in [5.74, 6) is 0. The van der Waals surface area contributed by atoms with Crippen molar-refractivity contribution in [3.8, 4) is 12.1 Å². The Morgan fingerprint density at radius 1 is 0.684 bits per heavy atom. The van der Waals surface area contributed by atoms with Crippen molar-refractivity contribution in [1.29, 1.82) is 10.5 Å². The lowest BCUT2D eigenvalue weighted by atomic mass is 9.69. The van der Waals surface area contributed by atoms with Crippen LogP contribution in [-0.4, -0.2) is 13.1 Å². The van der Waals surface area contributed by atoms with Gasteiger partial charge in [0, 0.05) is 29.5 Å². The molecule has 0 aromatic heterocycles. The van der Waals surface area contributed by atoms with Gasteiger partial charge in [-0.2, -0.15) is 10.5 Å². The van der Waals surface area contributed by atoms with E-state index < -0.39 is 0 Å². The lowest BCUT2D eigenvalue weighted by Gasteiger charge is -2.48. The van der Waals surface area contributed by atoms with Gasteiger partial charge in [0.15, 0.2) is 0 Å². The Labute approximate surface area is 225 Å². The molecular formula is C35H33N3. The van der Waals surface area contributed by atoms with Gasteiger partial charge in [0.05, 0.1) is 11.1 Å². The molecule has 0 unspecified atom stereocenters. The third-order valence-corrected chi connectivity index (χ3v) is 8.91. The monoisotopic (exact) mass is 495 g/mol. The molecule has 0 saturated carbocycles. The highest BCUT2D eigenvalue weighted by Gasteiger charge is 2.39. The van der Waals surface area contributed by atoms with Gasteiger partial charge < -0.3 is 4.90 Å². The van der Waals surface area contributed by atoms with Crippen LogP contribution in [0, 0.1) is 29.6 Å². The molecule has 2 heterocycles. The van der Waals surface area contributed by atoms with Crippen molar-refractivity contribution >= 4 is 39.4 Å². The Morgan fingerprint density at radius 2 is 1.21 bits per heavy atom. The molecule has 0 saturated heterocycles. The van der Waals surface area contributed by atoms with Crippen molar-refractivity contribution in [3.05, 3.63) is 87.5 Å².